The molecule has 0 fully saturated rings. The van der Waals surface area contributed by atoms with E-state index >= 15 is 0 Å². The number of ether oxygens (including phenoxy) is 1. The van der Waals surface area contributed by atoms with Gasteiger partial charge in [0.1, 0.15) is 6.33 Å². The van der Waals surface area contributed by atoms with Crippen LogP contribution in [0.15, 0.2) is 35.4 Å². The molecule has 3 aromatic rings. The van der Waals surface area contributed by atoms with E-state index in [2.05, 4.69) is 4.98 Å². The molecule has 0 amide bonds. The first-order valence-corrected chi connectivity index (χ1v) is 6.27. The molecule has 2 heterocycles. The molecule has 0 radical (unpaired) electrons. The molecule has 6 heteroatoms. The summed E-state index contributed by atoms with van der Waals surface area (Å²) in [6.07, 6.45) is 1.53. The summed E-state index contributed by atoms with van der Waals surface area (Å²) in [6.45, 7) is 1.99. The van der Waals surface area contributed by atoms with Gasteiger partial charge in [0.05, 0.1) is 17.5 Å². The zero-order valence-corrected chi connectivity index (χ0v) is 11.2. The summed E-state index contributed by atoms with van der Waals surface area (Å²) >= 11 is 0. The number of imidazole rings is 1. The molecular weight excluding hydrogens is 258 g/mol. The van der Waals surface area contributed by atoms with Crippen molar-refractivity contribution in [3.63, 3.8) is 0 Å². The minimum absolute atomic E-state index is 0.150. The van der Waals surface area contributed by atoms with Gasteiger partial charge in [0.2, 0.25) is 0 Å². The number of aryl methyl sites for hydroxylation is 1. The predicted molar refractivity (Wildman–Crippen MR) is 73.9 cm³/mol. The van der Waals surface area contributed by atoms with E-state index in [4.69, 9.17) is 4.74 Å². The second-order valence-electron chi connectivity index (χ2n) is 4.39. The fraction of sp³-hybridized carbons (Fsp3) is 0.214. The van der Waals surface area contributed by atoms with Crippen molar-refractivity contribution in [1.29, 1.82) is 0 Å². The van der Waals surface area contributed by atoms with Crippen molar-refractivity contribution < 1.29 is 9.53 Å². The first-order chi connectivity index (χ1) is 9.65. The van der Waals surface area contributed by atoms with Crippen LogP contribution in [0.1, 0.15) is 17.4 Å². The Labute approximate surface area is 114 Å². The van der Waals surface area contributed by atoms with Crippen LogP contribution < -0.4 is 5.56 Å². The van der Waals surface area contributed by atoms with Gasteiger partial charge in [-0.1, -0.05) is 12.1 Å². The van der Waals surface area contributed by atoms with Crippen molar-refractivity contribution in [3.8, 4) is 0 Å². The zero-order valence-electron chi connectivity index (χ0n) is 11.2. The van der Waals surface area contributed by atoms with Crippen LogP contribution in [-0.2, 0) is 11.8 Å². The van der Waals surface area contributed by atoms with Gasteiger partial charge in [0.15, 0.2) is 11.3 Å². The van der Waals surface area contributed by atoms with Gasteiger partial charge in [0, 0.05) is 7.05 Å². The second-order valence-corrected chi connectivity index (χ2v) is 4.39. The van der Waals surface area contributed by atoms with Crippen molar-refractivity contribution in [2.45, 2.75) is 6.92 Å². The lowest BCUT2D eigenvalue weighted by molar-refractivity contribution is 0.0522. The normalized spacial score (nSPS) is 11.1. The van der Waals surface area contributed by atoms with Gasteiger partial charge < -0.3 is 4.74 Å². The van der Waals surface area contributed by atoms with E-state index < -0.39 is 5.97 Å². The van der Waals surface area contributed by atoms with Crippen molar-refractivity contribution >= 4 is 22.5 Å². The standard InChI is InChI=1S/C14H13N3O3/c1-3-20-14(19)11-12-16(2)13(18)9-6-4-5-7-10(9)17(12)8-15-11/h4-8H,3H2,1-2H3. The molecule has 0 bridgehead atoms. The fourth-order valence-electron chi connectivity index (χ4n) is 2.32. The number of fused-ring (bicyclic) bond motifs is 3. The number of carbonyl (C=O) groups is 1. The lowest BCUT2D eigenvalue weighted by atomic mass is 10.2. The van der Waals surface area contributed by atoms with Crippen molar-refractivity contribution in [1.82, 2.24) is 14.0 Å². The number of hydrogen-bond donors (Lipinski definition) is 0. The number of hydrogen-bond acceptors (Lipinski definition) is 4. The molecule has 2 aromatic heterocycles. The summed E-state index contributed by atoms with van der Waals surface area (Å²) in [7, 11) is 1.62. The lowest BCUT2D eigenvalue weighted by Gasteiger charge is -2.07. The van der Waals surface area contributed by atoms with Crippen molar-refractivity contribution in [3.05, 3.63) is 46.6 Å². The highest BCUT2D eigenvalue weighted by Gasteiger charge is 2.19. The number of para-hydroxylation sites is 1. The number of aromatic nitrogens is 3. The number of nitrogens with zero attached hydrogens (tertiary/aromatic N) is 3. The van der Waals surface area contributed by atoms with Crippen LogP contribution in [0.3, 0.4) is 0 Å². The maximum atomic E-state index is 12.3. The van der Waals surface area contributed by atoms with Crippen LogP contribution >= 0.6 is 0 Å². The summed E-state index contributed by atoms with van der Waals surface area (Å²) < 4.78 is 8.11. The highest BCUT2D eigenvalue weighted by Crippen LogP contribution is 2.16. The molecule has 0 saturated carbocycles. The van der Waals surface area contributed by atoms with E-state index in [0.29, 0.717) is 16.6 Å². The van der Waals surface area contributed by atoms with Gasteiger partial charge in [-0.15, -0.1) is 0 Å². The maximum Gasteiger partial charge on any atom is 0.360 e. The Morgan fingerprint density at radius 1 is 1.35 bits per heavy atom. The van der Waals surface area contributed by atoms with Crippen molar-refractivity contribution in [2.75, 3.05) is 6.61 Å². The first kappa shape index (κ1) is 12.4. The molecule has 3 rings (SSSR count). The maximum absolute atomic E-state index is 12.3. The molecule has 102 valence electrons. The monoisotopic (exact) mass is 271 g/mol. The summed E-state index contributed by atoms with van der Waals surface area (Å²) in [5, 5.41) is 0.579. The molecule has 0 aliphatic heterocycles. The Morgan fingerprint density at radius 3 is 2.85 bits per heavy atom. The Hall–Kier alpha value is -2.63. The second kappa shape index (κ2) is 4.48. The number of esters is 1. The van der Waals surface area contributed by atoms with Gasteiger partial charge in [-0.3, -0.25) is 13.8 Å². The lowest BCUT2D eigenvalue weighted by Crippen LogP contribution is -2.21. The Bertz CT molecular complexity index is 876. The summed E-state index contributed by atoms with van der Waals surface area (Å²) in [4.78, 5) is 28.3. The highest BCUT2D eigenvalue weighted by atomic mass is 16.5. The van der Waals surface area contributed by atoms with E-state index in [1.165, 1.54) is 10.9 Å². The smallest absolute Gasteiger partial charge is 0.360 e. The van der Waals surface area contributed by atoms with E-state index in [9.17, 15) is 9.59 Å². The Morgan fingerprint density at radius 2 is 2.10 bits per heavy atom. The van der Waals surface area contributed by atoms with Gasteiger partial charge in [0.25, 0.3) is 5.56 Å². The molecule has 20 heavy (non-hydrogen) atoms. The minimum Gasteiger partial charge on any atom is -0.461 e. The summed E-state index contributed by atoms with van der Waals surface area (Å²) in [6, 6.07) is 7.21. The highest BCUT2D eigenvalue weighted by molar-refractivity contribution is 5.95. The molecule has 0 aliphatic rings. The van der Waals surface area contributed by atoms with E-state index in [-0.39, 0.29) is 17.9 Å². The van der Waals surface area contributed by atoms with E-state index in [0.717, 1.165) is 0 Å². The third-order valence-electron chi connectivity index (χ3n) is 3.23. The van der Waals surface area contributed by atoms with Crippen LogP contribution in [0.2, 0.25) is 0 Å². The van der Waals surface area contributed by atoms with Crippen LogP contribution in [0, 0.1) is 0 Å². The van der Waals surface area contributed by atoms with Gasteiger partial charge in [-0.2, -0.15) is 0 Å². The van der Waals surface area contributed by atoms with Gasteiger partial charge >= 0.3 is 5.97 Å². The average molecular weight is 271 g/mol. The fourth-order valence-corrected chi connectivity index (χ4v) is 2.32. The average Bonchev–Trinajstić information content (AvgIpc) is 2.90. The zero-order chi connectivity index (χ0) is 14.3. The topological polar surface area (TPSA) is 65.6 Å². The first-order valence-electron chi connectivity index (χ1n) is 6.27. The third-order valence-corrected chi connectivity index (χ3v) is 3.23. The summed E-state index contributed by atoms with van der Waals surface area (Å²) in [5.74, 6) is -0.528. The molecule has 0 saturated heterocycles. The molecule has 0 spiro atoms. The number of rotatable bonds is 2. The molecule has 0 N–H and O–H groups in total. The van der Waals surface area contributed by atoms with Crippen LogP contribution in [0.25, 0.3) is 16.6 Å². The van der Waals surface area contributed by atoms with E-state index in [1.54, 1.807) is 30.5 Å². The predicted octanol–water partition coefficient (Wildman–Crippen LogP) is 1.36. The van der Waals surface area contributed by atoms with Crippen molar-refractivity contribution in [2.24, 2.45) is 7.05 Å². The quantitative estimate of drug-likeness (QED) is 0.660. The molecule has 0 unspecified atom stereocenters. The molecule has 0 atom stereocenters. The van der Waals surface area contributed by atoms with Crippen LogP contribution in [0.4, 0.5) is 0 Å². The summed E-state index contributed by atoms with van der Waals surface area (Å²) in [5.41, 5.74) is 1.14. The SMILES string of the molecule is CCOC(=O)c1ncn2c3ccccc3c(=O)n(C)c12. The molecule has 6 nitrogen and oxygen atoms in total. The van der Waals surface area contributed by atoms with E-state index in [1.807, 2.05) is 12.1 Å². The number of benzene rings is 1. The minimum atomic E-state index is -0.528. The third kappa shape index (κ3) is 1.61. The van der Waals surface area contributed by atoms with Gasteiger partial charge in [-0.05, 0) is 19.1 Å². The van der Waals surface area contributed by atoms with Gasteiger partial charge in [-0.25, -0.2) is 9.78 Å². The molecule has 0 aliphatic carbocycles. The molecule has 1 aromatic carbocycles. The van der Waals surface area contributed by atoms with Crippen LogP contribution in [0.5, 0.6) is 0 Å². The Kier molecular flexibility index (Phi) is 2.78. The molecular formula is C14H13N3O3. The Balaban J connectivity index is 2.44. The van der Waals surface area contributed by atoms with Crippen LogP contribution in [-0.4, -0.2) is 26.5 Å². The number of carbonyl (C=O) groups excluding carboxylic acids is 1. The largest absolute Gasteiger partial charge is 0.461 e.